The molecule has 0 bridgehead atoms. The van der Waals surface area contributed by atoms with Gasteiger partial charge in [0, 0.05) is 30.8 Å². The van der Waals surface area contributed by atoms with Crippen LogP contribution in [0.1, 0.15) is 23.7 Å². The van der Waals surface area contributed by atoms with E-state index in [0.29, 0.717) is 24.2 Å². The second-order valence-corrected chi connectivity index (χ2v) is 6.57. The number of carbonyl (C=O) groups excluding carboxylic acids is 2. The number of nitrogens with zero attached hydrogens (tertiary/aromatic N) is 3. The Morgan fingerprint density at radius 3 is 2.65 bits per heavy atom. The monoisotopic (exact) mass is 369 g/mol. The lowest BCUT2D eigenvalue weighted by Gasteiger charge is -2.22. The standard InChI is InChI=1S/C18H19N5O2S/c1-2-23(18-16-14(8-10-26-16)20-11-21-18)9-7-15(24)22-13-5-3-12(4-6-13)17(19)25/h3-6,8,10-11H,2,7,9H2,1H3,(H2,19,25)(H,22,24). The second kappa shape index (κ2) is 7.92. The number of nitrogens with two attached hydrogens (primary N) is 1. The number of thiophene rings is 1. The number of amides is 2. The molecule has 2 aromatic heterocycles. The fourth-order valence-corrected chi connectivity index (χ4v) is 3.45. The largest absolute Gasteiger partial charge is 0.366 e. The van der Waals surface area contributed by atoms with Gasteiger partial charge in [0.05, 0.1) is 10.2 Å². The molecule has 3 N–H and O–H groups in total. The predicted molar refractivity (Wildman–Crippen MR) is 104 cm³/mol. The van der Waals surface area contributed by atoms with Crippen LogP contribution in [0.25, 0.3) is 10.2 Å². The van der Waals surface area contributed by atoms with Gasteiger partial charge < -0.3 is 16.0 Å². The van der Waals surface area contributed by atoms with Crippen LogP contribution in [-0.4, -0.2) is 34.9 Å². The molecule has 2 heterocycles. The first-order valence-corrected chi connectivity index (χ1v) is 9.09. The lowest BCUT2D eigenvalue weighted by Crippen LogP contribution is -2.28. The average molecular weight is 369 g/mol. The summed E-state index contributed by atoms with van der Waals surface area (Å²) in [6.07, 6.45) is 1.87. The molecule has 0 saturated carbocycles. The number of benzene rings is 1. The van der Waals surface area contributed by atoms with Gasteiger partial charge >= 0.3 is 0 Å². The van der Waals surface area contributed by atoms with Gasteiger partial charge in [0.2, 0.25) is 11.8 Å². The molecule has 0 aliphatic carbocycles. The summed E-state index contributed by atoms with van der Waals surface area (Å²) in [5.41, 5.74) is 7.16. The number of rotatable bonds is 7. The van der Waals surface area contributed by atoms with Crippen molar-refractivity contribution in [1.82, 2.24) is 9.97 Å². The van der Waals surface area contributed by atoms with Gasteiger partial charge in [-0.25, -0.2) is 9.97 Å². The lowest BCUT2D eigenvalue weighted by molar-refractivity contribution is -0.116. The van der Waals surface area contributed by atoms with Crippen molar-refractivity contribution in [2.75, 3.05) is 23.3 Å². The fraction of sp³-hybridized carbons (Fsp3) is 0.222. The normalized spacial score (nSPS) is 10.7. The summed E-state index contributed by atoms with van der Waals surface area (Å²) in [4.78, 5) is 34.0. The number of carbonyl (C=O) groups is 2. The molecule has 0 unspecified atom stereocenters. The van der Waals surface area contributed by atoms with Crippen LogP contribution in [0.2, 0.25) is 0 Å². The van der Waals surface area contributed by atoms with Gasteiger partial charge in [0.15, 0.2) is 0 Å². The third kappa shape index (κ3) is 3.97. The van der Waals surface area contributed by atoms with Gasteiger partial charge in [-0.1, -0.05) is 0 Å². The molecule has 2 amide bonds. The van der Waals surface area contributed by atoms with E-state index in [2.05, 4.69) is 20.2 Å². The zero-order chi connectivity index (χ0) is 18.5. The highest BCUT2D eigenvalue weighted by Gasteiger charge is 2.13. The van der Waals surface area contributed by atoms with Crippen LogP contribution in [0.15, 0.2) is 42.0 Å². The van der Waals surface area contributed by atoms with Crippen LogP contribution in [-0.2, 0) is 4.79 Å². The van der Waals surface area contributed by atoms with Gasteiger partial charge in [-0.2, -0.15) is 0 Å². The van der Waals surface area contributed by atoms with Gasteiger partial charge in [-0.3, -0.25) is 9.59 Å². The molecule has 26 heavy (non-hydrogen) atoms. The van der Waals surface area contributed by atoms with Crippen molar-refractivity contribution in [2.24, 2.45) is 5.73 Å². The van der Waals surface area contributed by atoms with E-state index in [-0.39, 0.29) is 5.91 Å². The van der Waals surface area contributed by atoms with Crippen LogP contribution in [0.4, 0.5) is 11.5 Å². The Bertz CT molecular complexity index is 923. The van der Waals surface area contributed by atoms with E-state index in [1.54, 1.807) is 41.9 Å². The Labute approximate surface area is 154 Å². The SMILES string of the molecule is CCN(CCC(=O)Nc1ccc(C(N)=O)cc1)c1ncnc2ccsc12. The zero-order valence-corrected chi connectivity index (χ0v) is 15.1. The van der Waals surface area contributed by atoms with E-state index in [9.17, 15) is 9.59 Å². The summed E-state index contributed by atoms with van der Waals surface area (Å²) < 4.78 is 1.02. The molecule has 1 aromatic carbocycles. The van der Waals surface area contributed by atoms with Crippen molar-refractivity contribution in [3.8, 4) is 0 Å². The first kappa shape index (κ1) is 17.8. The molecule has 7 nitrogen and oxygen atoms in total. The third-order valence-electron chi connectivity index (χ3n) is 3.97. The first-order valence-electron chi connectivity index (χ1n) is 8.21. The summed E-state index contributed by atoms with van der Waals surface area (Å²) in [6, 6.07) is 8.46. The molecule has 8 heteroatoms. The Balaban J connectivity index is 1.62. The van der Waals surface area contributed by atoms with E-state index in [4.69, 9.17) is 5.73 Å². The quantitative estimate of drug-likeness (QED) is 0.667. The number of hydrogen-bond acceptors (Lipinski definition) is 6. The summed E-state index contributed by atoms with van der Waals surface area (Å²) in [7, 11) is 0. The van der Waals surface area contributed by atoms with Crippen LogP contribution in [0.3, 0.4) is 0 Å². The summed E-state index contributed by atoms with van der Waals surface area (Å²) in [5.74, 6) is 0.254. The minimum atomic E-state index is -0.494. The smallest absolute Gasteiger partial charge is 0.248 e. The summed E-state index contributed by atoms with van der Waals surface area (Å²) in [5, 5.41) is 4.81. The maximum absolute atomic E-state index is 12.2. The Morgan fingerprint density at radius 2 is 1.96 bits per heavy atom. The molecule has 0 saturated heterocycles. The first-order chi connectivity index (χ1) is 12.6. The predicted octanol–water partition coefficient (Wildman–Crippen LogP) is 2.65. The number of aromatic nitrogens is 2. The minimum absolute atomic E-state index is 0.105. The molecule has 0 aliphatic rings. The average Bonchev–Trinajstić information content (AvgIpc) is 3.12. The second-order valence-electron chi connectivity index (χ2n) is 5.65. The molecule has 0 atom stereocenters. The molecule has 0 aliphatic heterocycles. The van der Waals surface area contributed by atoms with Crippen molar-refractivity contribution in [3.05, 3.63) is 47.6 Å². The molecule has 0 fully saturated rings. The molecule has 0 radical (unpaired) electrons. The molecule has 134 valence electrons. The Hall–Kier alpha value is -3.00. The Kier molecular flexibility index (Phi) is 5.43. The highest BCUT2D eigenvalue weighted by Crippen LogP contribution is 2.27. The molecule has 3 rings (SSSR count). The van der Waals surface area contributed by atoms with E-state index >= 15 is 0 Å². The summed E-state index contributed by atoms with van der Waals surface area (Å²) >= 11 is 1.59. The Morgan fingerprint density at radius 1 is 1.19 bits per heavy atom. The van der Waals surface area contributed by atoms with Crippen molar-refractivity contribution < 1.29 is 9.59 Å². The van der Waals surface area contributed by atoms with Gasteiger partial charge in [0.1, 0.15) is 12.1 Å². The minimum Gasteiger partial charge on any atom is -0.366 e. The van der Waals surface area contributed by atoms with Crippen LogP contribution in [0, 0.1) is 0 Å². The highest BCUT2D eigenvalue weighted by atomic mass is 32.1. The van der Waals surface area contributed by atoms with Crippen molar-refractivity contribution in [2.45, 2.75) is 13.3 Å². The van der Waals surface area contributed by atoms with Crippen molar-refractivity contribution >= 4 is 44.9 Å². The maximum atomic E-state index is 12.2. The van der Waals surface area contributed by atoms with E-state index in [1.165, 1.54) is 0 Å². The van der Waals surface area contributed by atoms with Crippen LogP contribution in [0.5, 0.6) is 0 Å². The van der Waals surface area contributed by atoms with E-state index < -0.39 is 5.91 Å². The van der Waals surface area contributed by atoms with E-state index in [0.717, 1.165) is 22.6 Å². The highest BCUT2D eigenvalue weighted by molar-refractivity contribution is 7.17. The number of fused-ring (bicyclic) bond motifs is 1. The van der Waals surface area contributed by atoms with Gasteiger partial charge in [-0.15, -0.1) is 11.3 Å². The zero-order valence-electron chi connectivity index (χ0n) is 14.3. The van der Waals surface area contributed by atoms with Crippen molar-refractivity contribution in [3.63, 3.8) is 0 Å². The number of nitrogens with one attached hydrogen (secondary N) is 1. The topological polar surface area (TPSA) is 101 Å². The summed E-state index contributed by atoms with van der Waals surface area (Å²) in [6.45, 7) is 3.32. The molecular weight excluding hydrogens is 350 g/mol. The van der Waals surface area contributed by atoms with Gasteiger partial charge in [0.25, 0.3) is 0 Å². The maximum Gasteiger partial charge on any atom is 0.248 e. The van der Waals surface area contributed by atoms with Crippen LogP contribution >= 0.6 is 11.3 Å². The number of primary amides is 1. The number of hydrogen-bond donors (Lipinski definition) is 2. The fourth-order valence-electron chi connectivity index (χ4n) is 2.59. The number of anilines is 2. The lowest BCUT2D eigenvalue weighted by atomic mass is 10.2. The third-order valence-corrected chi connectivity index (χ3v) is 4.87. The molecular formula is C18H19N5O2S. The van der Waals surface area contributed by atoms with Gasteiger partial charge in [-0.05, 0) is 42.6 Å². The molecule has 0 spiro atoms. The molecule has 3 aromatic rings. The van der Waals surface area contributed by atoms with Crippen LogP contribution < -0.4 is 16.0 Å². The van der Waals surface area contributed by atoms with Crippen molar-refractivity contribution in [1.29, 1.82) is 0 Å². The van der Waals surface area contributed by atoms with E-state index in [1.807, 2.05) is 18.4 Å².